The first-order valence-electron chi connectivity index (χ1n) is 4.82. The molecule has 0 bridgehead atoms. The molecule has 0 N–H and O–H groups in total. The highest BCUT2D eigenvalue weighted by atomic mass is 35.5. The maximum absolute atomic E-state index is 11.5. The third-order valence-corrected chi connectivity index (χ3v) is 2.03. The first-order valence-corrected chi connectivity index (χ1v) is 5.19. The van der Waals surface area contributed by atoms with Gasteiger partial charge in [0.05, 0.1) is 18.5 Å². The minimum Gasteiger partial charge on any atom is -0.458 e. The molecular formula is C10H13ClN2O2. The first-order chi connectivity index (χ1) is 7.13. The minimum atomic E-state index is -0.458. The standard InChI is InChI=1S/C10H13ClN2O2/c1-3-4-7(2)15-10(14)8-5-13-9(11)6-12-8/h5-7H,3-4H2,1-2H3. The van der Waals surface area contributed by atoms with Crippen LogP contribution in [0.1, 0.15) is 37.2 Å². The van der Waals surface area contributed by atoms with Gasteiger partial charge in [-0.05, 0) is 13.3 Å². The number of carbonyl (C=O) groups is 1. The van der Waals surface area contributed by atoms with Crippen molar-refractivity contribution in [3.05, 3.63) is 23.2 Å². The fourth-order valence-electron chi connectivity index (χ4n) is 1.13. The molecule has 0 radical (unpaired) electrons. The number of hydrogen-bond acceptors (Lipinski definition) is 4. The molecular weight excluding hydrogens is 216 g/mol. The van der Waals surface area contributed by atoms with Crippen LogP contribution in [-0.4, -0.2) is 22.0 Å². The van der Waals surface area contributed by atoms with Crippen molar-refractivity contribution in [2.24, 2.45) is 0 Å². The third kappa shape index (κ3) is 3.83. The summed E-state index contributed by atoms with van der Waals surface area (Å²) in [4.78, 5) is 19.1. The molecule has 1 atom stereocenters. The molecule has 0 spiro atoms. The fraction of sp³-hybridized carbons (Fsp3) is 0.500. The Bertz CT molecular complexity index is 327. The molecule has 0 saturated carbocycles. The Morgan fingerprint density at radius 2 is 2.27 bits per heavy atom. The number of rotatable bonds is 4. The van der Waals surface area contributed by atoms with Gasteiger partial charge < -0.3 is 4.74 Å². The summed E-state index contributed by atoms with van der Waals surface area (Å²) >= 11 is 5.55. The van der Waals surface area contributed by atoms with Crippen LogP contribution in [0.25, 0.3) is 0 Å². The molecule has 0 aromatic carbocycles. The molecule has 4 nitrogen and oxygen atoms in total. The van der Waals surface area contributed by atoms with Gasteiger partial charge in [0.2, 0.25) is 0 Å². The predicted molar refractivity (Wildman–Crippen MR) is 56.8 cm³/mol. The highest BCUT2D eigenvalue weighted by molar-refractivity contribution is 6.29. The van der Waals surface area contributed by atoms with E-state index in [4.69, 9.17) is 16.3 Å². The van der Waals surface area contributed by atoms with E-state index < -0.39 is 5.97 Å². The van der Waals surface area contributed by atoms with E-state index in [0.717, 1.165) is 12.8 Å². The van der Waals surface area contributed by atoms with Crippen molar-refractivity contribution in [3.8, 4) is 0 Å². The zero-order valence-electron chi connectivity index (χ0n) is 8.74. The molecule has 0 fully saturated rings. The number of aromatic nitrogens is 2. The van der Waals surface area contributed by atoms with Crippen LogP contribution in [0.3, 0.4) is 0 Å². The zero-order valence-corrected chi connectivity index (χ0v) is 9.49. The number of nitrogens with zero attached hydrogens (tertiary/aromatic N) is 2. The SMILES string of the molecule is CCCC(C)OC(=O)c1cnc(Cl)cn1. The highest BCUT2D eigenvalue weighted by Gasteiger charge is 2.12. The average molecular weight is 229 g/mol. The van der Waals surface area contributed by atoms with Crippen LogP contribution in [0.15, 0.2) is 12.4 Å². The molecule has 0 aliphatic heterocycles. The van der Waals surface area contributed by atoms with E-state index in [1.165, 1.54) is 12.4 Å². The van der Waals surface area contributed by atoms with Crippen molar-refractivity contribution in [1.29, 1.82) is 0 Å². The van der Waals surface area contributed by atoms with Gasteiger partial charge >= 0.3 is 5.97 Å². The van der Waals surface area contributed by atoms with E-state index in [2.05, 4.69) is 9.97 Å². The summed E-state index contributed by atoms with van der Waals surface area (Å²) in [5.74, 6) is -0.458. The largest absolute Gasteiger partial charge is 0.458 e. The Morgan fingerprint density at radius 1 is 1.53 bits per heavy atom. The molecule has 1 rings (SSSR count). The Hall–Kier alpha value is -1.16. The van der Waals surface area contributed by atoms with E-state index in [9.17, 15) is 4.79 Å². The topological polar surface area (TPSA) is 52.1 Å². The van der Waals surface area contributed by atoms with Gasteiger partial charge in [-0.2, -0.15) is 0 Å². The van der Waals surface area contributed by atoms with Gasteiger partial charge in [0, 0.05) is 0 Å². The molecule has 0 aliphatic carbocycles. The Balaban J connectivity index is 2.57. The molecule has 0 amide bonds. The van der Waals surface area contributed by atoms with Crippen LogP contribution in [0.4, 0.5) is 0 Å². The summed E-state index contributed by atoms with van der Waals surface area (Å²) in [6, 6.07) is 0. The summed E-state index contributed by atoms with van der Waals surface area (Å²) in [5, 5.41) is 0.258. The maximum Gasteiger partial charge on any atom is 0.358 e. The molecule has 15 heavy (non-hydrogen) atoms. The monoisotopic (exact) mass is 228 g/mol. The van der Waals surface area contributed by atoms with Gasteiger partial charge in [-0.15, -0.1) is 0 Å². The quantitative estimate of drug-likeness (QED) is 0.743. The maximum atomic E-state index is 11.5. The van der Waals surface area contributed by atoms with Crippen molar-refractivity contribution in [2.75, 3.05) is 0 Å². The van der Waals surface area contributed by atoms with Crippen molar-refractivity contribution >= 4 is 17.6 Å². The number of halogens is 1. The number of carbonyl (C=O) groups excluding carboxylic acids is 1. The van der Waals surface area contributed by atoms with Gasteiger partial charge in [-0.25, -0.2) is 14.8 Å². The number of hydrogen-bond donors (Lipinski definition) is 0. The molecule has 1 aromatic rings. The van der Waals surface area contributed by atoms with E-state index in [1.807, 2.05) is 13.8 Å². The summed E-state index contributed by atoms with van der Waals surface area (Å²) in [6.45, 7) is 3.89. The van der Waals surface area contributed by atoms with E-state index in [1.54, 1.807) is 0 Å². The van der Waals surface area contributed by atoms with Crippen LogP contribution in [-0.2, 0) is 4.74 Å². The average Bonchev–Trinajstić information content (AvgIpc) is 2.18. The Kier molecular flexibility index (Phi) is 4.49. The van der Waals surface area contributed by atoms with Crippen molar-refractivity contribution in [2.45, 2.75) is 32.8 Å². The zero-order chi connectivity index (χ0) is 11.3. The summed E-state index contributed by atoms with van der Waals surface area (Å²) in [7, 11) is 0. The summed E-state index contributed by atoms with van der Waals surface area (Å²) < 4.78 is 5.13. The second-order valence-electron chi connectivity index (χ2n) is 3.23. The Morgan fingerprint density at radius 3 is 2.80 bits per heavy atom. The lowest BCUT2D eigenvalue weighted by Crippen LogP contribution is -2.16. The van der Waals surface area contributed by atoms with E-state index >= 15 is 0 Å². The van der Waals surface area contributed by atoms with Crippen molar-refractivity contribution in [3.63, 3.8) is 0 Å². The van der Waals surface area contributed by atoms with Crippen LogP contribution >= 0.6 is 11.6 Å². The molecule has 0 saturated heterocycles. The van der Waals surface area contributed by atoms with Gasteiger partial charge in [-0.3, -0.25) is 0 Å². The van der Waals surface area contributed by atoms with Gasteiger partial charge in [0.15, 0.2) is 5.69 Å². The van der Waals surface area contributed by atoms with Crippen LogP contribution in [0.2, 0.25) is 5.15 Å². The van der Waals surface area contributed by atoms with Crippen molar-refractivity contribution in [1.82, 2.24) is 9.97 Å². The Labute approximate surface area is 93.6 Å². The number of ether oxygens (including phenoxy) is 1. The van der Waals surface area contributed by atoms with Crippen LogP contribution in [0.5, 0.6) is 0 Å². The van der Waals surface area contributed by atoms with Gasteiger partial charge in [0.1, 0.15) is 5.15 Å². The van der Waals surface area contributed by atoms with Crippen LogP contribution in [0, 0.1) is 0 Å². The normalized spacial score (nSPS) is 12.2. The molecule has 1 unspecified atom stereocenters. The number of esters is 1. The van der Waals surface area contributed by atoms with E-state index in [-0.39, 0.29) is 17.0 Å². The smallest absolute Gasteiger partial charge is 0.358 e. The summed E-state index contributed by atoms with van der Waals surface area (Å²) in [6.07, 6.45) is 4.35. The fourth-order valence-corrected chi connectivity index (χ4v) is 1.22. The molecule has 5 heteroatoms. The first kappa shape index (κ1) is 11.9. The molecule has 1 heterocycles. The lowest BCUT2D eigenvalue weighted by atomic mass is 10.2. The minimum absolute atomic E-state index is 0.0972. The highest BCUT2D eigenvalue weighted by Crippen LogP contribution is 2.06. The second-order valence-corrected chi connectivity index (χ2v) is 3.62. The molecule has 82 valence electrons. The third-order valence-electron chi connectivity index (χ3n) is 1.83. The van der Waals surface area contributed by atoms with E-state index in [0.29, 0.717) is 0 Å². The van der Waals surface area contributed by atoms with Crippen LogP contribution < -0.4 is 0 Å². The van der Waals surface area contributed by atoms with Gasteiger partial charge in [0.25, 0.3) is 0 Å². The van der Waals surface area contributed by atoms with Crippen molar-refractivity contribution < 1.29 is 9.53 Å². The molecule has 0 aliphatic rings. The predicted octanol–water partition coefficient (Wildman–Crippen LogP) is 2.48. The lowest BCUT2D eigenvalue weighted by Gasteiger charge is -2.11. The summed E-state index contributed by atoms with van der Waals surface area (Å²) in [5.41, 5.74) is 0.183. The second kappa shape index (κ2) is 5.66. The lowest BCUT2D eigenvalue weighted by molar-refractivity contribution is 0.0316. The van der Waals surface area contributed by atoms with Gasteiger partial charge in [-0.1, -0.05) is 24.9 Å². The molecule has 1 aromatic heterocycles.